The number of hydrogen-bond donors (Lipinski definition) is 0. The van der Waals surface area contributed by atoms with Crippen LogP contribution in [0.2, 0.25) is 0 Å². The molecule has 0 bridgehead atoms. The second-order valence-electron chi connectivity index (χ2n) is 6.06. The molecule has 2 atom stereocenters. The second-order valence-corrected chi connectivity index (χ2v) is 6.06. The smallest absolute Gasteiger partial charge is 0.264 e. The number of benzene rings is 1. The van der Waals surface area contributed by atoms with E-state index in [2.05, 4.69) is 5.10 Å². The van der Waals surface area contributed by atoms with Gasteiger partial charge < -0.3 is 9.64 Å². The first-order chi connectivity index (χ1) is 10.7. The number of ether oxygens (including phenoxy) is 1. The van der Waals surface area contributed by atoms with Gasteiger partial charge in [-0.3, -0.25) is 9.48 Å². The Morgan fingerprint density at radius 1 is 1.36 bits per heavy atom. The Balaban J connectivity index is 1.53. The highest BCUT2D eigenvalue weighted by Gasteiger charge is 2.38. The zero-order chi connectivity index (χ0) is 15.1. The minimum absolute atomic E-state index is 0.0996. The van der Waals surface area contributed by atoms with Gasteiger partial charge in [-0.05, 0) is 24.5 Å². The number of likely N-dealkylation sites (tertiary alicyclic amines) is 1. The number of rotatable bonds is 2. The molecule has 1 aromatic heterocycles. The molecule has 1 fully saturated rings. The van der Waals surface area contributed by atoms with Crippen LogP contribution in [0.15, 0.2) is 36.7 Å². The summed E-state index contributed by atoms with van der Waals surface area (Å²) in [6.07, 6.45) is 6.18. The van der Waals surface area contributed by atoms with Crippen molar-refractivity contribution in [1.82, 2.24) is 14.7 Å². The Hall–Kier alpha value is -2.30. The average Bonchev–Trinajstić information content (AvgIpc) is 3.24. The van der Waals surface area contributed by atoms with Crippen molar-refractivity contribution in [3.8, 4) is 5.75 Å². The summed E-state index contributed by atoms with van der Waals surface area (Å²) in [5.41, 5.74) is 2.24. The Kier molecular flexibility index (Phi) is 3.13. The van der Waals surface area contributed by atoms with Crippen molar-refractivity contribution < 1.29 is 9.53 Å². The lowest BCUT2D eigenvalue weighted by atomic mass is 10.1. The molecule has 5 nitrogen and oxygen atoms in total. The monoisotopic (exact) mass is 297 g/mol. The molecule has 0 N–H and O–H groups in total. The zero-order valence-electron chi connectivity index (χ0n) is 12.6. The summed E-state index contributed by atoms with van der Waals surface area (Å²) in [5, 5.41) is 4.23. The number of carbonyl (C=O) groups excluding carboxylic acids is 1. The van der Waals surface area contributed by atoms with Crippen LogP contribution in [0, 0.1) is 0 Å². The van der Waals surface area contributed by atoms with E-state index in [1.807, 2.05) is 48.6 Å². The lowest BCUT2D eigenvalue weighted by Crippen LogP contribution is -2.40. The highest BCUT2D eigenvalue weighted by molar-refractivity contribution is 5.83. The van der Waals surface area contributed by atoms with E-state index in [1.54, 1.807) is 4.68 Å². The standard InChI is InChI=1S/C17H19N3O2/c1-19-11-13(10-18-19)14-6-4-8-20(14)17(21)16-9-12-5-2-3-7-15(12)22-16/h2-3,5,7,10-11,14,16H,4,6,8-9H2,1H3/t14-,16-/m0/s1. The molecule has 4 rings (SSSR count). The maximum Gasteiger partial charge on any atom is 0.264 e. The molecule has 0 spiro atoms. The summed E-state index contributed by atoms with van der Waals surface area (Å²) >= 11 is 0. The van der Waals surface area contributed by atoms with Crippen molar-refractivity contribution in [2.75, 3.05) is 6.54 Å². The van der Waals surface area contributed by atoms with Crippen LogP contribution >= 0.6 is 0 Å². The molecule has 1 saturated heterocycles. The fraction of sp³-hybridized carbons (Fsp3) is 0.412. The molecule has 2 aliphatic rings. The molecule has 1 amide bonds. The number of nitrogens with zero attached hydrogens (tertiary/aromatic N) is 3. The normalized spacial score (nSPS) is 23.4. The van der Waals surface area contributed by atoms with Crippen molar-refractivity contribution in [1.29, 1.82) is 0 Å². The molecule has 2 aliphatic heterocycles. The van der Waals surface area contributed by atoms with Gasteiger partial charge in [0, 0.05) is 31.8 Å². The van der Waals surface area contributed by atoms with Crippen LogP contribution in [-0.4, -0.2) is 33.2 Å². The minimum Gasteiger partial charge on any atom is -0.480 e. The molecule has 0 aliphatic carbocycles. The highest BCUT2D eigenvalue weighted by atomic mass is 16.5. The third kappa shape index (κ3) is 2.17. The van der Waals surface area contributed by atoms with Gasteiger partial charge in [0.15, 0.2) is 6.10 Å². The molecule has 22 heavy (non-hydrogen) atoms. The number of carbonyl (C=O) groups is 1. The van der Waals surface area contributed by atoms with E-state index in [0.29, 0.717) is 6.42 Å². The van der Waals surface area contributed by atoms with E-state index in [9.17, 15) is 4.79 Å². The summed E-state index contributed by atoms with van der Waals surface area (Å²) in [6.45, 7) is 0.800. The van der Waals surface area contributed by atoms with Gasteiger partial charge in [-0.15, -0.1) is 0 Å². The molecule has 5 heteroatoms. The van der Waals surface area contributed by atoms with Gasteiger partial charge in [0.1, 0.15) is 5.75 Å². The third-order valence-corrected chi connectivity index (χ3v) is 4.57. The molecule has 0 radical (unpaired) electrons. The quantitative estimate of drug-likeness (QED) is 0.853. The SMILES string of the molecule is Cn1cc([C@@H]2CCCN2C(=O)[C@@H]2Cc3ccccc3O2)cn1. The van der Waals surface area contributed by atoms with Gasteiger partial charge in [0.05, 0.1) is 12.2 Å². The predicted molar refractivity (Wildman–Crippen MR) is 81.5 cm³/mol. The van der Waals surface area contributed by atoms with Gasteiger partial charge in [0.2, 0.25) is 0 Å². The van der Waals surface area contributed by atoms with E-state index in [1.165, 1.54) is 0 Å². The number of aryl methyl sites for hydroxylation is 1. The Morgan fingerprint density at radius 2 is 2.23 bits per heavy atom. The Bertz CT molecular complexity index is 684. The first-order valence-electron chi connectivity index (χ1n) is 7.76. The van der Waals surface area contributed by atoms with Crippen LogP contribution in [0.4, 0.5) is 0 Å². The van der Waals surface area contributed by atoms with Gasteiger partial charge in [0.25, 0.3) is 5.91 Å². The largest absolute Gasteiger partial charge is 0.480 e. The summed E-state index contributed by atoms with van der Waals surface area (Å²) in [6, 6.07) is 8.04. The fourth-order valence-electron chi connectivity index (χ4n) is 3.49. The fourth-order valence-corrected chi connectivity index (χ4v) is 3.49. The van der Waals surface area contributed by atoms with Crippen LogP contribution in [0.5, 0.6) is 5.75 Å². The van der Waals surface area contributed by atoms with Crippen molar-refractivity contribution in [2.45, 2.75) is 31.4 Å². The van der Waals surface area contributed by atoms with Gasteiger partial charge in [-0.25, -0.2) is 0 Å². The number of aromatic nitrogens is 2. The minimum atomic E-state index is -0.380. The summed E-state index contributed by atoms with van der Waals surface area (Å²) in [4.78, 5) is 14.8. The highest BCUT2D eigenvalue weighted by Crippen LogP contribution is 2.35. The number of para-hydroxylation sites is 1. The number of amides is 1. The molecular formula is C17H19N3O2. The predicted octanol–water partition coefficient (Wildman–Crippen LogP) is 2.09. The molecule has 2 aromatic rings. The molecular weight excluding hydrogens is 278 g/mol. The zero-order valence-corrected chi connectivity index (χ0v) is 12.6. The van der Waals surface area contributed by atoms with E-state index < -0.39 is 0 Å². The summed E-state index contributed by atoms with van der Waals surface area (Å²) in [5.74, 6) is 0.945. The van der Waals surface area contributed by atoms with Crippen molar-refractivity contribution in [3.63, 3.8) is 0 Å². The van der Waals surface area contributed by atoms with Crippen LogP contribution in [-0.2, 0) is 18.3 Å². The van der Waals surface area contributed by atoms with Crippen LogP contribution in [0.25, 0.3) is 0 Å². The molecule has 114 valence electrons. The van der Waals surface area contributed by atoms with Gasteiger partial charge in [-0.2, -0.15) is 5.10 Å². The molecule has 0 saturated carbocycles. The second kappa shape index (κ2) is 5.16. The van der Waals surface area contributed by atoms with Gasteiger partial charge in [-0.1, -0.05) is 18.2 Å². The van der Waals surface area contributed by atoms with Gasteiger partial charge >= 0.3 is 0 Å². The van der Waals surface area contributed by atoms with Crippen LogP contribution in [0.3, 0.4) is 0 Å². The topological polar surface area (TPSA) is 47.4 Å². The molecule has 0 unspecified atom stereocenters. The maximum atomic E-state index is 12.9. The summed E-state index contributed by atoms with van der Waals surface area (Å²) in [7, 11) is 1.90. The first-order valence-corrected chi connectivity index (χ1v) is 7.76. The van der Waals surface area contributed by atoms with Crippen molar-refractivity contribution >= 4 is 5.91 Å². The average molecular weight is 297 g/mol. The Labute approximate surface area is 129 Å². The number of fused-ring (bicyclic) bond motifs is 1. The third-order valence-electron chi connectivity index (χ3n) is 4.57. The van der Waals surface area contributed by atoms with E-state index in [0.717, 1.165) is 36.3 Å². The lowest BCUT2D eigenvalue weighted by molar-refractivity contribution is -0.138. The van der Waals surface area contributed by atoms with Crippen LogP contribution < -0.4 is 4.74 Å². The Morgan fingerprint density at radius 3 is 3.00 bits per heavy atom. The van der Waals surface area contributed by atoms with E-state index in [-0.39, 0.29) is 18.1 Å². The summed E-state index contributed by atoms with van der Waals surface area (Å²) < 4.78 is 7.65. The van der Waals surface area contributed by atoms with E-state index in [4.69, 9.17) is 4.74 Å². The number of hydrogen-bond acceptors (Lipinski definition) is 3. The first kappa shape index (κ1) is 13.4. The maximum absolute atomic E-state index is 12.9. The molecule has 3 heterocycles. The van der Waals surface area contributed by atoms with Crippen molar-refractivity contribution in [3.05, 3.63) is 47.8 Å². The lowest BCUT2D eigenvalue weighted by Gasteiger charge is -2.26. The molecule has 1 aromatic carbocycles. The van der Waals surface area contributed by atoms with E-state index >= 15 is 0 Å². The van der Waals surface area contributed by atoms with Crippen molar-refractivity contribution in [2.24, 2.45) is 7.05 Å². The van der Waals surface area contributed by atoms with Crippen LogP contribution in [0.1, 0.15) is 30.0 Å².